The van der Waals surface area contributed by atoms with Gasteiger partial charge in [-0.2, -0.15) is 0 Å². The Balaban J connectivity index is 1.64. The first kappa shape index (κ1) is 14.8. The van der Waals surface area contributed by atoms with Gasteiger partial charge in [-0.25, -0.2) is 9.98 Å². The molecule has 1 aromatic heterocycles. The van der Waals surface area contributed by atoms with E-state index in [1.54, 1.807) is 6.26 Å². The smallest absolute Gasteiger partial charge is 0.226 e. The number of hydrogen-bond acceptors (Lipinski definition) is 3. The van der Waals surface area contributed by atoms with Crippen molar-refractivity contribution in [2.45, 2.75) is 13.5 Å². The van der Waals surface area contributed by atoms with E-state index in [0.717, 1.165) is 22.5 Å². The number of benzene rings is 2. The number of aliphatic imine (C=N–C) groups is 1. The van der Waals surface area contributed by atoms with Crippen LogP contribution in [0.5, 0.6) is 0 Å². The number of rotatable bonds is 4. The van der Waals surface area contributed by atoms with Gasteiger partial charge in [0.15, 0.2) is 5.96 Å². The van der Waals surface area contributed by atoms with Crippen LogP contribution in [0.15, 0.2) is 70.3 Å². The second-order valence-electron chi connectivity index (χ2n) is 5.21. The molecule has 0 amide bonds. The summed E-state index contributed by atoms with van der Waals surface area (Å²) < 4.78 is 5.48. The molecule has 0 aliphatic heterocycles. The van der Waals surface area contributed by atoms with Crippen LogP contribution in [0.25, 0.3) is 11.5 Å². The minimum Gasteiger partial charge on any atom is -0.444 e. The van der Waals surface area contributed by atoms with Gasteiger partial charge >= 0.3 is 0 Å². The van der Waals surface area contributed by atoms with Crippen molar-refractivity contribution >= 4 is 11.6 Å². The fourth-order valence-electron chi connectivity index (χ4n) is 2.17. The predicted molar refractivity (Wildman–Crippen MR) is 92.1 cm³/mol. The number of guanidine groups is 1. The summed E-state index contributed by atoms with van der Waals surface area (Å²) in [7, 11) is 0. The number of nitrogens with one attached hydrogen (secondary N) is 1. The fourth-order valence-corrected chi connectivity index (χ4v) is 2.17. The van der Waals surface area contributed by atoms with Gasteiger partial charge in [-0.1, -0.05) is 30.3 Å². The van der Waals surface area contributed by atoms with Gasteiger partial charge in [-0.15, -0.1) is 0 Å². The zero-order valence-corrected chi connectivity index (χ0v) is 12.9. The molecule has 3 N–H and O–H groups in total. The van der Waals surface area contributed by atoms with Crippen LogP contribution in [-0.2, 0) is 6.54 Å². The lowest BCUT2D eigenvalue weighted by Crippen LogP contribution is -2.22. The van der Waals surface area contributed by atoms with Crippen molar-refractivity contribution in [3.63, 3.8) is 0 Å². The maximum Gasteiger partial charge on any atom is 0.226 e. The highest BCUT2D eigenvalue weighted by atomic mass is 16.3. The Morgan fingerprint density at radius 1 is 1.17 bits per heavy atom. The number of nitrogens with zero attached hydrogens (tertiary/aromatic N) is 2. The summed E-state index contributed by atoms with van der Waals surface area (Å²) in [5, 5.41) is 3.06. The van der Waals surface area contributed by atoms with Crippen molar-refractivity contribution < 1.29 is 4.42 Å². The van der Waals surface area contributed by atoms with Crippen molar-refractivity contribution in [3.05, 3.63) is 72.1 Å². The first-order valence-corrected chi connectivity index (χ1v) is 7.34. The highest BCUT2D eigenvalue weighted by Crippen LogP contribution is 2.18. The first-order valence-electron chi connectivity index (χ1n) is 7.34. The van der Waals surface area contributed by atoms with E-state index >= 15 is 0 Å². The predicted octanol–water partition coefficient (Wildman–Crippen LogP) is 3.58. The summed E-state index contributed by atoms with van der Waals surface area (Å²) in [5.41, 5.74) is 9.65. The molecule has 0 bridgehead atoms. The molecule has 0 aliphatic rings. The molecule has 3 rings (SSSR count). The maximum atomic E-state index is 5.90. The lowest BCUT2D eigenvalue weighted by molar-refractivity contribution is 0.572. The van der Waals surface area contributed by atoms with Crippen LogP contribution in [0.2, 0.25) is 0 Å². The molecule has 3 aromatic rings. The molecule has 1 heterocycles. The molecule has 23 heavy (non-hydrogen) atoms. The van der Waals surface area contributed by atoms with Gasteiger partial charge in [0.2, 0.25) is 5.89 Å². The van der Waals surface area contributed by atoms with E-state index in [1.165, 1.54) is 0 Å². The molecule has 5 heteroatoms. The first-order chi connectivity index (χ1) is 11.2. The molecule has 0 radical (unpaired) electrons. The zero-order valence-electron chi connectivity index (χ0n) is 12.9. The van der Waals surface area contributed by atoms with Gasteiger partial charge in [0.25, 0.3) is 0 Å². The topological polar surface area (TPSA) is 76.4 Å². The third-order valence-electron chi connectivity index (χ3n) is 3.27. The van der Waals surface area contributed by atoms with E-state index in [1.807, 2.05) is 61.5 Å². The zero-order chi connectivity index (χ0) is 16.1. The molecule has 0 atom stereocenters. The number of aromatic nitrogens is 1. The van der Waals surface area contributed by atoms with Gasteiger partial charge in [0.05, 0.1) is 6.54 Å². The van der Waals surface area contributed by atoms with E-state index in [-0.39, 0.29) is 0 Å². The summed E-state index contributed by atoms with van der Waals surface area (Å²) in [6, 6.07) is 17.7. The number of anilines is 1. The van der Waals surface area contributed by atoms with Crippen molar-refractivity contribution in [1.29, 1.82) is 0 Å². The average Bonchev–Trinajstić information content (AvgIpc) is 3.03. The summed E-state index contributed by atoms with van der Waals surface area (Å²) in [6.07, 6.45) is 1.60. The Morgan fingerprint density at radius 2 is 2.00 bits per heavy atom. The van der Waals surface area contributed by atoms with E-state index < -0.39 is 0 Å². The minimum absolute atomic E-state index is 0.347. The quantitative estimate of drug-likeness (QED) is 0.570. The Morgan fingerprint density at radius 3 is 2.78 bits per heavy atom. The van der Waals surface area contributed by atoms with Crippen LogP contribution >= 0.6 is 0 Å². The molecule has 0 spiro atoms. The lowest BCUT2D eigenvalue weighted by atomic mass is 10.2. The van der Waals surface area contributed by atoms with E-state index in [0.29, 0.717) is 18.4 Å². The molecular weight excluding hydrogens is 288 g/mol. The minimum atomic E-state index is 0.347. The Bertz CT molecular complexity index is 809. The van der Waals surface area contributed by atoms with Crippen molar-refractivity contribution in [1.82, 2.24) is 4.98 Å². The van der Waals surface area contributed by atoms with E-state index in [2.05, 4.69) is 15.3 Å². The summed E-state index contributed by atoms with van der Waals surface area (Å²) in [5.74, 6) is 0.931. The average molecular weight is 306 g/mol. The van der Waals surface area contributed by atoms with Gasteiger partial charge in [-0.3, -0.25) is 0 Å². The Kier molecular flexibility index (Phi) is 4.38. The van der Waals surface area contributed by atoms with Crippen LogP contribution in [0.4, 0.5) is 5.69 Å². The summed E-state index contributed by atoms with van der Waals surface area (Å²) >= 11 is 0. The van der Waals surface area contributed by atoms with Gasteiger partial charge in [0, 0.05) is 11.3 Å². The third-order valence-corrected chi connectivity index (χ3v) is 3.27. The number of aryl methyl sites for hydroxylation is 1. The fraction of sp³-hybridized carbons (Fsp3) is 0.111. The van der Waals surface area contributed by atoms with Gasteiger partial charge < -0.3 is 15.5 Å². The van der Waals surface area contributed by atoms with Crippen LogP contribution in [0.3, 0.4) is 0 Å². The van der Waals surface area contributed by atoms with Crippen molar-refractivity contribution in [2.75, 3.05) is 5.32 Å². The maximum absolute atomic E-state index is 5.90. The van der Waals surface area contributed by atoms with Gasteiger partial charge in [0.1, 0.15) is 12.0 Å². The largest absolute Gasteiger partial charge is 0.444 e. The molecule has 0 aliphatic carbocycles. The second kappa shape index (κ2) is 6.79. The molecule has 5 nitrogen and oxygen atoms in total. The van der Waals surface area contributed by atoms with E-state index in [4.69, 9.17) is 10.2 Å². The van der Waals surface area contributed by atoms with Crippen LogP contribution in [-0.4, -0.2) is 10.9 Å². The van der Waals surface area contributed by atoms with Gasteiger partial charge in [-0.05, 0) is 36.8 Å². The van der Waals surface area contributed by atoms with Crippen molar-refractivity contribution in [3.8, 4) is 11.5 Å². The molecule has 2 aromatic carbocycles. The highest BCUT2D eigenvalue weighted by molar-refractivity contribution is 5.92. The highest BCUT2D eigenvalue weighted by Gasteiger charge is 2.05. The van der Waals surface area contributed by atoms with Crippen LogP contribution < -0.4 is 11.1 Å². The second-order valence-corrected chi connectivity index (χ2v) is 5.21. The molecule has 0 unspecified atom stereocenters. The molecular formula is C18H18N4O. The number of hydrogen-bond donors (Lipinski definition) is 2. The normalized spacial score (nSPS) is 11.4. The molecule has 116 valence electrons. The number of nitrogens with two attached hydrogens (primary N) is 1. The summed E-state index contributed by atoms with van der Waals surface area (Å²) in [6.45, 7) is 2.39. The number of oxazole rings is 1. The third kappa shape index (κ3) is 3.97. The SMILES string of the molecule is Cc1cccc(NC(N)=NCc2coc(-c3ccccc3)n2)c1. The standard InChI is InChI=1S/C18H18N4O/c1-13-6-5-9-15(10-13)22-18(19)20-11-16-12-23-17(21-16)14-7-3-2-4-8-14/h2-10,12H,11H2,1H3,(H3,19,20,22). The van der Waals surface area contributed by atoms with Crippen LogP contribution in [0, 0.1) is 6.92 Å². The summed E-state index contributed by atoms with van der Waals surface area (Å²) in [4.78, 5) is 8.70. The van der Waals surface area contributed by atoms with Crippen LogP contribution in [0.1, 0.15) is 11.3 Å². The van der Waals surface area contributed by atoms with Crippen molar-refractivity contribution in [2.24, 2.45) is 10.7 Å². The Labute approximate surface area is 134 Å². The van der Waals surface area contributed by atoms with E-state index in [9.17, 15) is 0 Å². The molecule has 0 saturated carbocycles. The monoisotopic (exact) mass is 306 g/mol. The lowest BCUT2D eigenvalue weighted by Gasteiger charge is -2.05. The molecule has 0 fully saturated rings. The molecule has 0 saturated heterocycles. The Hall–Kier alpha value is -3.08.